The monoisotopic (exact) mass is 396 g/mol. The second-order valence-corrected chi connectivity index (χ2v) is 7.55. The zero-order valence-corrected chi connectivity index (χ0v) is 16.7. The molecule has 29 heavy (non-hydrogen) atoms. The van der Waals surface area contributed by atoms with E-state index in [2.05, 4.69) is 24.8 Å². The lowest BCUT2D eigenvalue weighted by atomic mass is 10.1. The summed E-state index contributed by atoms with van der Waals surface area (Å²) in [5.74, 6) is 0.961. The molecule has 0 saturated carbocycles. The van der Waals surface area contributed by atoms with Gasteiger partial charge in [0, 0.05) is 57.9 Å². The molecule has 4 heterocycles. The summed E-state index contributed by atoms with van der Waals surface area (Å²) in [7, 11) is 0. The maximum absolute atomic E-state index is 12.8. The van der Waals surface area contributed by atoms with Gasteiger partial charge in [0.2, 0.25) is 11.9 Å². The first kappa shape index (κ1) is 19.7. The zero-order valence-electron chi connectivity index (χ0n) is 16.7. The van der Waals surface area contributed by atoms with Gasteiger partial charge in [-0.25, -0.2) is 9.97 Å². The molecular formula is C21H28N6O2. The van der Waals surface area contributed by atoms with Crippen LogP contribution in [0.5, 0.6) is 0 Å². The number of piperidine rings is 1. The second-order valence-electron chi connectivity index (χ2n) is 7.55. The molecule has 0 radical (unpaired) electrons. The van der Waals surface area contributed by atoms with Crippen molar-refractivity contribution in [2.24, 2.45) is 0 Å². The highest BCUT2D eigenvalue weighted by atomic mass is 16.5. The first-order valence-corrected chi connectivity index (χ1v) is 10.3. The highest BCUT2D eigenvalue weighted by Gasteiger charge is 2.27. The first-order valence-electron chi connectivity index (χ1n) is 10.3. The SMILES string of the molecule is O=C(CN1CCN(c2ncccn2)CC1)N1CCCC(OCc2ccccn2)C1. The maximum Gasteiger partial charge on any atom is 0.236 e. The van der Waals surface area contributed by atoms with Gasteiger partial charge in [0.15, 0.2) is 0 Å². The van der Waals surface area contributed by atoms with Crippen LogP contribution in [0.25, 0.3) is 0 Å². The van der Waals surface area contributed by atoms with Gasteiger partial charge >= 0.3 is 0 Å². The minimum absolute atomic E-state index is 0.0850. The number of aromatic nitrogens is 3. The Labute approximate surface area is 171 Å². The van der Waals surface area contributed by atoms with Crippen LogP contribution < -0.4 is 4.90 Å². The van der Waals surface area contributed by atoms with Crippen LogP contribution in [-0.2, 0) is 16.1 Å². The van der Waals surface area contributed by atoms with E-state index in [1.165, 1.54) is 0 Å². The van der Waals surface area contributed by atoms with Crippen LogP contribution >= 0.6 is 0 Å². The molecule has 0 bridgehead atoms. The Morgan fingerprint density at radius 1 is 1.00 bits per heavy atom. The lowest BCUT2D eigenvalue weighted by molar-refractivity contribution is -0.137. The van der Waals surface area contributed by atoms with Crippen LogP contribution in [0, 0.1) is 0 Å². The fraction of sp³-hybridized carbons (Fsp3) is 0.524. The minimum Gasteiger partial charge on any atom is -0.370 e. The number of anilines is 1. The molecule has 0 spiro atoms. The average Bonchev–Trinajstić information content (AvgIpc) is 2.80. The lowest BCUT2D eigenvalue weighted by Crippen LogP contribution is -2.52. The van der Waals surface area contributed by atoms with E-state index in [4.69, 9.17) is 4.74 Å². The normalized spacial score (nSPS) is 20.6. The molecule has 8 heteroatoms. The van der Waals surface area contributed by atoms with Gasteiger partial charge in [-0.05, 0) is 31.0 Å². The Balaban J connectivity index is 1.21. The third-order valence-electron chi connectivity index (χ3n) is 5.49. The Bertz CT molecular complexity index is 767. The van der Waals surface area contributed by atoms with Gasteiger partial charge in [-0.3, -0.25) is 14.7 Å². The largest absolute Gasteiger partial charge is 0.370 e. The Hall–Kier alpha value is -2.58. The highest BCUT2D eigenvalue weighted by molar-refractivity contribution is 5.78. The number of rotatable bonds is 6. The summed E-state index contributed by atoms with van der Waals surface area (Å²) < 4.78 is 6.01. The van der Waals surface area contributed by atoms with Gasteiger partial charge in [-0.2, -0.15) is 0 Å². The molecule has 1 amide bonds. The van der Waals surface area contributed by atoms with E-state index in [1.807, 2.05) is 29.2 Å². The topological polar surface area (TPSA) is 74.7 Å². The average molecular weight is 396 g/mol. The Kier molecular flexibility index (Phi) is 6.63. The van der Waals surface area contributed by atoms with Gasteiger partial charge in [-0.1, -0.05) is 6.07 Å². The van der Waals surface area contributed by atoms with E-state index in [1.54, 1.807) is 18.6 Å². The van der Waals surface area contributed by atoms with Gasteiger partial charge < -0.3 is 14.5 Å². The van der Waals surface area contributed by atoms with Crippen LogP contribution in [0.1, 0.15) is 18.5 Å². The summed E-state index contributed by atoms with van der Waals surface area (Å²) in [6.07, 6.45) is 7.37. The molecule has 0 aromatic carbocycles. The van der Waals surface area contributed by atoms with Crippen molar-refractivity contribution < 1.29 is 9.53 Å². The van der Waals surface area contributed by atoms with Gasteiger partial charge in [0.05, 0.1) is 24.9 Å². The van der Waals surface area contributed by atoms with Crippen molar-refractivity contribution >= 4 is 11.9 Å². The van der Waals surface area contributed by atoms with Crippen molar-refractivity contribution in [1.82, 2.24) is 24.8 Å². The molecule has 2 aliphatic heterocycles. The molecule has 2 aromatic rings. The summed E-state index contributed by atoms with van der Waals surface area (Å²) in [5, 5.41) is 0. The predicted octanol–water partition coefficient (Wildman–Crippen LogP) is 1.20. The number of piperazine rings is 1. The van der Waals surface area contributed by atoms with E-state index in [9.17, 15) is 4.79 Å². The summed E-state index contributed by atoms with van der Waals surface area (Å²) in [6, 6.07) is 7.65. The third-order valence-corrected chi connectivity index (χ3v) is 5.49. The summed E-state index contributed by atoms with van der Waals surface area (Å²) in [4.78, 5) is 32.1. The first-order chi connectivity index (χ1) is 14.3. The molecule has 8 nitrogen and oxygen atoms in total. The van der Waals surface area contributed by atoms with Crippen LogP contribution in [0.2, 0.25) is 0 Å². The quantitative estimate of drug-likeness (QED) is 0.726. The molecular weight excluding hydrogens is 368 g/mol. The summed E-state index contributed by atoms with van der Waals surface area (Å²) in [6.45, 7) is 5.83. The fourth-order valence-electron chi connectivity index (χ4n) is 3.84. The summed E-state index contributed by atoms with van der Waals surface area (Å²) >= 11 is 0. The van der Waals surface area contributed by atoms with Gasteiger partial charge in [0.1, 0.15) is 0 Å². The minimum atomic E-state index is 0.0850. The number of nitrogens with zero attached hydrogens (tertiary/aromatic N) is 6. The van der Waals surface area contributed by atoms with E-state index >= 15 is 0 Å². The van der Waals surface area contributed by atoms with Crippen LogP contribution in [0.4, 0.5) is 5.95 Å². The molecule has 1 unspecified atom stereocenters. The van der Waals surface area contributed by atoms with Crippen LogP contribution in [-0.4, -0.2) is 82.6 Å². The molecule has 4 rings (SSSR count). The standard InChI is InChI=1S/C21H28N6O2/c28-20(16-25-11-13-26(14-12-25)21-23-8-4-9-24-21)27-10-3-6-19(15-27)29-17-18-5-1-2-7-22-18/h1-2,4-5,7-9,19H,3,6,10-17H2. The molecule has 0 aliphatic carbocycles. The summed E-state index contributed by atoms with van der Waals surface area (Å²) in [5.41, 5.74) is 0.927. The number of likely N-dealkylation sites (tertiary alicyclic amines) is 1. The number of hydrogen-bond donors (Lipinski definition) is 0. The number of ether oxygens (including phenoxy) is 1. The van der Waals surface area contributed by atoms with Crippen LogP contribution in [0.3, 0.4) is 0 Å². The molecule has 154 valence electrons. The smallest absolute Gasteiger partial charge is 0.236 e. The number of pyridine rings is 1. The van der Waals surface area contributed by atoms with E-state index < -0.39 is 0 Å². The van der Waals surface area contributed by atoms with Crippen LogP contribution in [0.15, 0.2) is 42.9 Å². The second kappa shape index (κ2) is 9.76. The Morgan fingerprint density at radius 3 is 2.55 bits per heavy atom. The molecule has 0 N–H and O–H groups in total. The predicted molar refractivity (Wildman–Crippen MR) is 109 cm³/mol. The van der Waals surface area contributed by atoms with Crippen molar-refractivity contribution in [3.8, 4) is 0 Å². The lowest BCUT2D eigenvalue weighted by Gasteiger charge is -2.37. The molecule has 2 aliphatic rings. The van der Waals surface area contributed by atoms with E-state index in [0.29, 0.717) is 19.7 Å². The molecule has 2 aromatic heterocycles. The number of hydrogen-bond acceptors (Lipinski definition) is 7. The van der Waals surface area contributed by atoms with Gasteiger partial charge in [-0.15, -0.1) is 0 Å². The van der Waals surface area contributed by atoms with Crippen molar-refractivity contribution in [2.45, 2.75) is 25.6 Å². The number of carbonyl (C=O) groups is 1. The maximum atomic E-state index is 12.8. The van der Waals surface area contributed by atoms with Crippen molar-refractivity contribution in [2.75, 3.05) is 50.7 Å². The molecule has 2 saturated heterocycles. The molecule has 2 fully saturated rings. The third kappa shape index (κ3) is 5.48. The highest BCUT2D eigenvalue weighted by Crippen LogP contribution is 2.16. The molecule has 1 atom stereocenters. The zero-order chi connectivity index (χ0) is 19.9. The van der Waals surface area contributed by atoms with Crippen molar-refractivity contribution in [1.29, 1.82) is 0 Å². The number of amides is 1. The number of carbonyl (C=O) groups excluding carboxylic acids is 1. The fourth-order valence-corrected chi connectivity index (χ4v) is 3.84. The Morgan fingerprint density at radius 2 is 1.79 bits per heavy atom. The van der Waals surface area contributed by atoms with Crippen molar-refractivity contribution in [3.05, 3.63) is 48.5 Å². The van der Waals surface area contributed by atoms with E-state index in [0.717, 1.165) is 57.2 Å². The van der Waals surface area contributed by atoms with Gasteiger partial charge in [0.25, 0.3) is 0 Å². The van der Waals surface area contributed by atoms with Crippen molar-refractivity contribution in [3.63, 3.8) is 0 Å². The van der Waals surface area contributed by atoms with E-state index in [-0.39, 0.29) is 12.0 Å².